The van der Waals surface area contributed by atoms with Crippen molar-refractivity contribution in [2.75, 3.05) is 13.1 Å². The minimum absolute atomic E-state index is 0.0413. The Labute approximate surface area is 128 Å². The number of fused-ring (bicyclic) bond motifs is 1. The number of carbonyl (C=O) groups excluding carboxylic acids is 1. The lowest BCUT2D eigenvalue weighted by Gasteiger charge is -2.23. The van der Waals surface area contributed by atoms with Gasteiger partial charge in [0, 0.05) is 25.0 Å². The van der Waals surface area contributed by atoms with E-state index in [1.54, 1.807) is 0 Å². The minimum atomic E-state index is 0.0413. The van der Waals surface area contributed by atoms with Crippen LogP contribution in [0.15, 0.2) is 6.07 Å². The van der Waals surface area contributed by atoms with Crippen LogP contribution in [0.3, 0.4) is 0 Å². The molecule has 5 nitrogen and oxygen atoms in total. The van der Waals surface area contributed by atoms with Crippen molar-refractivity contribution >= 4 is 27.5 Å². The van der Waals surface area contributed by atoms with Gasteiger partial charge in [-0.2, -0.15) is 5.10 Å². The Bertz CT molecular complexity index is 652. The molecular weight excluding hydrogens is 284 g/mol. The van der Waals surface area contributed by atoms with Crippen LogP contribution < -0.4 is 10.6 Å². The van der Waals surface area contributed by atoms with Gasteiger partial charge in [-0.1, -0.05) is 13.8 Å². The van der Waals surface area contributed by atoms with E-state index in [4.69, 9.17) is 0 Å². The highest BCUT2D eigenvalue weighted by molar-refractivity contribution is 7.20. The van der Waals surface area contributed by atoms with Gasteiger partial charge in [-0.3, -0.25) is 9.48 Å². The first-order valence-corrected chi connectivity index (χ1v) is 8.36. The average molecular weight is 306 g/mol. The van der Waals surface area contributed by atoms with E-state index < -0.39 is 0 Å². The number of piperidine rings is 1. The molecule has 2 N–H and O–H groups in total. The molecule has 1 atom stereocenters. The van der Waals surface area contributed by atoms with E-state index in [-0.39, 0.29) is 11.9 Å². The monoisotopic (exact) mass is 306 g/mol. The van der Waals surface area contributed by atoms with Gasteiger partial charge in [0.1, 0.15) is 4.83 Å². The van der Waals surface area contributed by atoms with E-state index in [9.17, 15) is 4.79 Å². The minimum Gasteiger partial charge on any atom is -0.347 e. The van der Waals surface area contributed by atoms with Crippen LogP contribution in [0.4, 0.5) is 0 Å². The Morgan fingerprint density at radius 1 is 1.57 bits per heavy atom. The van der Waals surface area contributed by atoms with Gasteiger partial charge in [0.2, 0.25) is 0 Å². The summed E-state index contributed by atoms with van der Waals surface area (Å²) in [6.45, 7) is 6.19. The number of carbonyl (C=O) groups is 1. The third-order valence-corrected chi connectivity index (χ3v) is 5.14. The standard InChI is InChI=1S/C15H22N4OS/c1-9(2)13-11-7-12(21-15(11)19(3)18-13)14(20)17-10-5-4-6-16-8-10/h7,9-10,16H,4-6,8H2,1-3H3,(H,17,20)/t10-/m0/s1. The Kier molecular flexibility index (Phi) is 3.99. The first kappa shape index (κ1) is 14.5. The number of thiophene rings is 1. The molecule has 2 aromatic rings. The second-order valence-corrected chi connectivity index (χ2v) is 7.04. The van der Waals surface area contributed by atoms with Gasteiger partial charge >= 0.3 is 0 Å². The second kappa shape index (κ2) is 5.77. The number of amides is 1. The molecule has 3 heterocycles. The van der Waals surface area contributed by atoms with E-state index in [2.05, 4.69) is 29.6 Å². The fourth-order valence-electron chi connectivity index (χ4n) is 2.84. The molecule has 0 saturated carbocycles. The fraction of sp³-hybridized carbons (Fsp3) is 0.600. The molecule has 0 bridgehead atoms. The zero-order valence-electron chi connectivity index (χ0n) is 12.8. The lowest BCUT2D eigenvalue weighted by atomic mass is 10.1. The van der Waals surface area contributed by atoms with Crippen molar-refractivity contribution in [1.29, 1.82) is 0 Å². The molecule has 114 valence electrons. The van der Waals surface area contributed by atoms with E-state index in [1.165, 1.54) is 11.3 Å². The summed E-state index contributed by atoms with van der Waals surface area (Å²) >= 11 is 1.53. The highest BCUT2D eigenvalue weighted by atomic mass is 32.1. The number of hydrogen-bond acceptors (Lipinski definition) is 4. The van der Waals surface area contributed by atoms with Crippen LogP contribution in [0, 0.1) is 0 Å². The molecule has 3 rings (SSSR count). The maximum atomic E-state index is 12.4. The largest absolute Gasteiger partial charge is 0.347 e. The normalized spacial score (nSPS) is 19.3. The smallest absolute Gasteiger partial charge is 0.261 e. The molecular formula is C15H22N4OS. The van der Waals surface area contributed by atoms with Gasteiger partial charge in [-0.05, 0) is 31.4 Å². The zero-order chi connectivity index (χ0) is 15.0. The zero-order valence-corrected chi connectivity index (χ0v) is 13.6. The van der Waals surface area contributed by atoms with Crippen LogP contribution in [0.1, 0.15) is 48.0 Å². The average Bonchev–Trinajstić information content (AvgIpc) is 3.01. The summed E-state index contributed by atoms with van der Waals surface area (Å²) in [7, 11) is 1.94. The van der Waals surface area contributed by atoms with Crippen molar-refractivity contribution in [3.8, 4) is 0 Å². The Morgan fingerprint density at radius 2 is 2.38 bits per heavy atom. The molecule has 21 heavy (non-hydrogen) atoms. The lowest BCUT2D eigenvalue weighted by molar-refractivity contribution is 0.0935. The molecule has 0 spiro atoms. The van der Waals surface area contributed by atoms with E-state index in [0.29, 0.717) is 5.92 Å². The second-order valence-electron chi connectivity index (χ2n) is 6.01. The predicted octanol–water partition coefficient (Wildman–Crippen LogP) is 2.24. The molecule has 1 aliphatic heterocycles. The van der Waals surface area contributed by atoms with Gasteiger partial charge in [0.25, 0.3) is 5.91 Å². The Hall–Kier alpha value is -1.40. The molecule has 0 radical (unpaired) electrons. The molecule has 6 heteroatoms. The fourth-order valence-corrected chi connectivity index (χ4v) is 3.82. The summed E-state index contributed by atoms with van der Waals surface area (Å²) < 4.78 is 1.88. The number of aromatic nitrogens is 2. The van der Waals surface area contributed by atoms with E-state index in [0.717, 1.165) is 46.7 Å². The summed E-state index contributed by atoms with van der Waals surface area (Å²) in [5.41, 5.74) is 1.07. The summed E-state index contributed by atoms with van der Waals surface area (Å²) in [4.78, 5) is 14.3. The van der Waals surface area contributed by atoms with Crippen molar-refractivity contribution in [1.82, 2.24) is 20.4 Å². The molecule has 1 amide bonds. The first-order chi connectivity index (χ1) is 10.1. The number of nitrogens with zero attached hydrogens (tertiary/aromatic N) is 2. The highest BCUT2D eigenvalue weighted by Gasteiger charge is 2.21. The van der Waals surface area contributed by atoms with Crippen LogP contribution in [0.2, 0.25) is 0 Å². The quantitative estimate of drug-likeness (QED) is 0.914. The topological polar surface area (TPSA) is 59.0 Å². The number of rotatable bonds is 3. The van der Waals surface area contributed by atoms with Gasteiger partial charge < -0.3 is 10.6 Å². The maximum Gasteiger partial charge on any atom is 0.261 e. The molecule has 1 fully saturated rings. The molecule has 0 aliphatic carbocycles. The Morgan fingerprint density at radius 3 is 3.05 bits per heavy atom. The third-order valence-electron chi connectivity index (χ3n) is 3.94. The van der Waals surface area contributed by atoms with Gasteiger partial charge in [0.15, 0.2) is 0 Å². The molecule has 1 saturated heterocycles. The van der Waals surface area contributed by atoms with E-state index in [1.807, 2.05) is 17.8 Å². The molecule has 1 aliphatic rings. The van der Waals surface area contributed by atoms with Crippen LogP contribution in [-0.4, -0.2) is 34.8 Å². The van der Waals surface area contributed by atoms with Gasteiger partial charge in [0.05, 0.1) is 10.6 Å². The summed E-state index contributed by atoms with van der Waals surface area (Å²) in [6, 6.07) is 2.24. The number of nitrogens with one attached hydrogen (secondary N) is 2. The number of aryl methyl sites for hydroxylation is 1. The summed E-state index contributed by atoms with van der Waals surface area (Å²) in [5.74, 6) is 0.404. The summed E-state index contributed by atoms with van der Waals surface area (Å²) in [5, 5.41) is 12.1. The number of hydrogen-bond donors (Lipinski definition) is 2. The summed E-state index contributed by atoms with van der Waals surface area (Å²) in [6.07, 6.45) is 2.18. The maximum absolute atomic E-state index is 12.4. The van der Waals surface area contributed by atoms with Gasteiger partial charge in [-0.25, -0.2) is 0 Å². The molecule has 2 aromatic heterocycles. The van der Waals surface area contributed by atoms with Crippen molar-refractivity contribution in [2.45, 2.75) is 38.6 Å². The molecule has 0 unspecified atom stereocenters. The van der Waals surface area contributed by atoms with Crippen molar-refractivity contribution < 1.29 is 4.79 Å². The Balaban J connectivity index is 1.83. The highest BCUT2D eigenvalue weighted by Crippen LogP contribution is 2.31. The molecule has 0 aromatic carbocycles. The van der Waals surface area contributed by atoms with Crippen molar-refractivity contribution in [3.63, 3.8) is 0 Å². The van der Waals surface area contributed by atoms with Crippen molar-refractivity contribution in [2.24, 2.45) is 7.05 Å². The van der Waals surface area contributed by atoms with Crippen molar-refractivity contribution in [3.05, 3.63) is 16.6 Å². The van der Waals surface area contributed by atoms with Crippen LogP contribution in [0.5, 0.6) is 0 Å². The van der Waals surface area contributed by atoms with Crippen LogP contribution >= 0.6 is 11.3 Å². The van der Waals surface area contributed by atoms with Crippen LogP contribution in [-0.2, 0) is 7.05 Å². The first-order valence-electron chi connectivity index (χ1n) is 7.54. The SMILES string of the molecule is CC(C)c1nn(C)c2sc(C(=O)N[C@H]3CCCNC3)cc12. The third kappa shape index (κ3) is 2.82. The van der Waals surface area contributed by atoms with Crippen LogP contribution in [0.25, 0.3) is 10.2 Å². The van der Waals surface area contributed by atoms with E-state index >= 15 is 0 Å². The predicted molar refractivity (Wildman–Crippen MR) is 86.0 cm³/mol. The van der Waals surface area contributed by atoms with Gasteiger partial charge in [-0.15, -0.1) is 11.3 Å². The lowest BCUT2D eigenvalue weighted by Crippen LogP contribution is -2.45.